The minimum Gasteiger partial charge on any atom is -0.496 e. The number of anilines is 2. The van der Waals surface area contributed by atoms with Crippen molar-refractivity contribution in [1.29, 1.82) is 0 Å². The highest BCUT2D eigenvalue weighted by atomic mass is 16.5. The fourth-order valence-corrected chi connectivity index (χ4v) is 4.00. The highest BCUT2D eigenvalue weighted by molar-refractivity contribution is 6.06. The number of hydrogen-bond acceptors (Lipinski definition) is 8. The molecule has 2 N–H and O–H groups in total. The van der Waals surface area contributed by atoms with E-state index in [2.05, 4.69) is 26.2 Å². The summed E-state index contributed by atoms with van der Waals surface area (Å²) in [7, 11) is 4.65. The van der Waals surface area contributed by atoms with Crippen molar-refractivity contribution in [3.05, 3.63) is 58.3 Å². The van der Waals surface area contributed by atoms with E-state index in [9.17, 15) is 4.79 Å². The molecule has 1 amide bonds. The van der Waals surface area contributed by atoms with Crippen molar-refractivity contribution in [3.63, 3.8) is 0 Å². The largest absolute Gasteiger partial charge is 0.496 e. The van der Waals surface area contributed by atoms with Gasteiger partial charge in [-0.3, -0.25) is 4.79 Å². The van der Waals surface area contributed by atoms with Crippen LogP contribution in [-0.2, 0) is 4.79 Å². The number of fused-ring (bicyclic) bond motifs is 1. The molecule has 0 aliphatic carbocycles. The summed E-state index contributed by atoms with van der Waals surface area (Å²) in [6.07, 6.45) is 0. The molecule has 0 fully saturated rings. The summed E-state index contributed by atoms with van der Waals surface area (Å²) in [5.74, 6) is 1.64. The minimum atomic E-state index is -0.670. The lowest BCUT2D eigenvalue weighted by Gasteiger charge is -2.29. The van der Waals surface area contributed by atoms with Gasteiger partial charge in [0.1, 0.15) is 11.8 Å². The van der Waals surface area contributed by atoms with E-state index in [-0.39, 0.29) is 5.91 Å². The SMILES string of the molecule is COc1cc(OC)c([C@@H]2C(C(=O)Nc3ccc(C)cc3C)=C(C)Nc3nnnn32)cc1OC. The topological polar surface area (TPSA) is 112 Å². The highest BCUT2D eigenvalue weighted by Gasteiger charge is 2.36. The first-order valence-corrected chi connectivity index (χ1v) is 10.3. The lowest BCUT2D eigenvalue weighted by Crippen LogP contribution is -2.32. The van der Waals surface area contributed by atoms with Crippen molar-refractivity contribution < 1.29 is 19.0 Å². The van der Waals surface area contributed by atoms with Crippen LogP contribution in [0.5, 0.6) is 17.2 Å². The van der Waals surface area contributed by atoms with Crippen molar-refractivity contribution in [1.82, 2.24) is 20.2 Å². The van der Waals surface area contributed by atoms with Crippen molar-refractivity contribution in [2.45, 2.75) is 26.8 Å². The zero-order valence-corrected chi connectivity index (χ0v) is 19.4. The predicted octanol–water partition coefficient (Wildman–Crippen LogP) is 3.24. The molecule has 0 bridgehead atoms. The van der Waals surface area contributed by atoms with Crippen LogP contribution in [0.25, 0.3) is 0 Å². The van der Waals surface area contributed by atoms with Crippen LogP contribution in [0.3, 0.4) is 0 Å². The Kier molecular flexibility index (Phi) is 5.91. The Balaban J connectivity index is 1.85. The normalized spacial score (nSPS) is 14.9. The highest BCUT2D eigenvalue weighted by Crippen LogP contribution is 2.43. The molecule has 0 spiro atoms. The summed E-state index contributed by atoms with van der Waals surface area (Å²) in [6, 6.07) is 8.69. The van der Waals surface area contributed by atoms with Gasteiger partial charge in [-0.1, -0.05) is 22.8 Å². The number of aromatic nitrogens is 4. The molecule has 1 atom stereocenters. The molecule has 2 aromatic carbocycles. The first-order chi connectivity index (χ1) is 15.9. The quantitative estimate of drug-likeness (QED) is 0.589. The van der Waals surface area contributed by atoms with Gasteiger partial charge in [-0.05, 0) is 48.9 Å². The van der Waals surface area contributed by atoms with Crippen LogP contribution in [-0.4, -0.2) is 47.4 Å². The summed E-state index contributed by atoms with van der Waals surface area (Å²) in [6.45, 7) is 5.78. The molecule has 172 valence electrons. The first kappa shape index (κ1) is 22.1. The molecular formula is C23H26N6O4. The van der Waals surface area contributed by atoms with E-state index in [0.29, 0.717) is 40.0 Å². The maximum absolute atomic E-state index is 13.6. The van der Waals surface area contributed by atoms with Crippen LogP contribution in [0, 0.1) is 13.8 Å². The van der Waals surface area contributed by atoms with Crippen LogP contribution in [0.15, 0.2) is 41.6 Å². The zero-order chi connectivity index (χ0) is 23.7. The molecule has 2 heterocycles. The van der Waals surface area contributed by atoms with Gasteiger partial charge in [-0.2, -0.15) is 4.68 Å². The predicted molar refractivity (Wildman–Crippen MR) is 123 cm³/mol. The van der Waals surface area contributed by atoms with Gasteiger partial charge in [0.15, 0.2) is 11.5 Å². The standard InChI is InChI=1S/C23H26N6O4/c1-12-7-8-16(13(2)9-12)25-22(30)20-14(3)24-23-26-27-28-29(23)21(20)15-10-18(32-5)19(33-6)11-17(15)31-4/h7-11,21H,1-6H3,(H,25,30)(H,24,26,28)/t21-/m1/s1. The molecule has 10 heteroatoms. The fourth-order valence-electron chi connectivity index (χ4n) is 4.00. The summed E-state index contributed by atoms with van der Waals surface area (Å²) in [4.78, 5) is 13.6. The molecule has 33 heavy (non-hydrogen) atoms. The number of ether oxygens (including phenoxy) is 3. The van der Waals surface area contributed by atoms with E-state index < -0.39 is 6.04 Å². The second-order valence-corrected chi connectivity index (χ2v) is 7.73. The molecule has 3 aromatic rings. The number of tetrazole rings is 1. The lowest BCUT2D eigenvalue weighted by atomic mass is 9.93. The monoisotopic (exact) mass is 450 g/mol. The van der Waals surface area contributed by atoms with Crippen molar-refractivity contribution in [2.24, 2.45) is 0 Å². The number of rotatable bonds is 6. The summed E-state index contributed by atoms with van der Waals surface area (Å²) >= 11 is 0. The Labute approximate surface area is 191 Å². The molecule has 10 nitrogen and oxygen atoms in total. The van der Waals surface area contributed by atoms with E-state index in [1.807, 2.05) is 39.0 Å². The Morgan fingerprint density at radius 2 is 1.70 bits per heavy atom. The Morgan fingerprint density at radius 1 is 1.00 bits per heavy atom. The first-order valence-electron chi connectivity index (χ1n) is 10.3. The third-order valence-electron chi connectivity index (χ3n) is 5.62. The van der Waals surface area contributed by atoms with Gasteiger partial charge < -0.3 is 24.8 Å². The molecule has 0 saturated heterocycles. The third-order valence-corrected chi connectivity index (χ3v) is 5.62. The van der Waals surface area contributed by atoms with Crippen molar-refractivity contribution >= 4 is 17.5 Å². The Morgan fingerprint density at radius 3 is 2.36 bits per heavy atom. The van der Waals surface area contributed by atoms with Crippen LogP contribution < -0.4 is 24.8 Å². The van der Waals surface area contributed by atoms with Crippen LogP contribution >= 0.6 is 0 Å². The average Bonchev–Trinajstić information content (AvgIpc) is 3.27. The van der Waals surface area contributed by atoms with E-state index in [1.54, 1.807) is 38.1 Å². The lowest BCUT2D eigenvalue weighted by molar-refractivity contribution is -0.113. The zero-order valence-electron chi connectivity index (χ0n) is 19.4. The average molecular weight is 450 g/mol. The maximum Gasteiger partial charge on any atom is 0.255 e. The van der Waals surface area contributed by atoms with E-state index in [0.717, 1.165) is 16.8 Å². The number of benzene rings is 2. The molecule has 1 aliphatic heterocycles. The molecule has 0 saturated carbocycles. The summed E-state index contributed by atoms with van der Waals surface area (Å²) in [5, 5.41) is 18.1. The van der Waals surface area contributed by atoms with Crippen molar-refractivity contribution in [3.8, 4) is 17.2 Å². The molecule has 0 radical (unpaired) electrons. The number of hydrogen-bond donors (Lipinski definition) is 2. The third kappa shape index (κ3) is 3.95. The Hall–Kier alpha value is -4.08. The van der Waals surface area contributed by atoms with Gasteiger partial charge in [-0.25, -0.2) is 0 Å². The number of carbonyl (C=O) groups excluding carboxylic acids is 1. The number of nitrogens with one attached hydrogen (secondary N) is 2. The van der Waals surface area contributed by atoms with Gasteiger partial charge >= 0.3 is 0 Å². The van der Waals surface area contributed by atoms with Gasteiger partial charge in [0.05, 0.1) is 26.9 Å². The minimum absolute atomic E-state index is 0.282. The van der Waals surface area contributed by atoms with Crippen molar-refractivity contribution in [2.75, 3.05) is 32.0 Å². The second-order valence-electron chi connectivity index (χ2n) is 7.73. The summed E-state index contributed by atoms with van der Waals surface area (Å²) < 4.78 is 18.1. The van der Waals surface area contributed by atoms with Crippen LogP contribution in [0.2, 0.25) is 0 Å². The Bertz CT molecular complexity index is 1250. The second kappa shape index (κ2) is 8.81. The molecule has 0 unspecified atom stereocenters. The molecule has 4 rings (SSSR count). The van der Waals surface area contributed by atoms with Gasteiger partial charge in [-0.15, -0.1) is 0 Å². The maximum atomic E-state index is 13.6. The van der Waals surface area contributed by atoms with Gasteiger partial charge in [0.2, 0.25) is 5.95 Å². The van der Waals surface area contributed by atoms with Gasteiger partial charge in [0.25, 0.3) is 5.91 Å². The molecule has 1 aromatic heterocycles. The number of methoxy groups -OCH3 is 3. The van der Waals surface area contributed by atoms with E-state index >= 15 is 0 Å². The summed E-state index contributed by atoms with van der Waals surface area (Å²) in [5.41, 5.74) is 4.53. The number of allylic oxidation sites excluding steroid dienone is 1. The van der Waals surface area contributed by atoms with E-state index in [4.69, 9.17) is 14.2 Å². The smallest absolute Gasteiger partial charge is 0.255 e. The number of nitrogens with zero attached hydrogens (tertiary/aromatic N) is 4. The van der Waals surface area contributed by atoms with E-state index in [1.165, 1.54) is 0 Å². The number of amides is 1. The van der Waals surface area contributed by atoms with Gasteiger partial charge in [0, 0.05) is 23.0 Å². The molecule has 1 aliphatic rings. The van der Waals surface area contributed by atoms with Crippen LogP contribution in [0.4, 0.5) is 11.6 Å². The van der Waals surface area contributed by atoms with Crippen LogP contribution in [0.1, 0.15) is 29.7 Å². The number of aryl methyl sites for hydroxylation is 2. The number of carbonyl (C=O) groups is 1. The fraction of sp³-hybridized carbons (Fsp3) is 0.304. The molecular weight excluding hydrogens is 424 g/mol.